The van der Waals surface area contributed by atoms with Gasteiger partial charge >= 0.3 is 5.97 Å². The number of rotatable bonds is 4. The Morgan fingerprint density at radius 3 is 2.48 bits per heavy atom. The molecule has 0 aliphatic carbocycles. The molecule has 2 atom stereocenters. The molecule has 0 bridgehead atoms. The van der Waals surface area contributed by atoms with E-state index in [4.69, 9.17) is 0 Å². The minimum Gasteiger partial charge on any atom is -0.481 e. The fraction of sp³-hybridized carbons (Fsp3) is 0.875. The molecule has 2 heterocycles. The first-order valence-electron chi connectivity index (χ1n) is 8.28. The number of carboxylic acid groups (broad SMARTS) is 1. The van der Waals surface area contributed by atoms with E-state index < -0.39 is 11.4 Å². The molecule has 2 saturated heterocycles. The number of amides is 1. The van der Waals surface area contributed by atoms with Crippen molar-refractivity contribution in [2.24, 2.45) is 11.3 Å². The second kappa shape index (κ2) is 6.77. The summed E-state index contributed by atoms with van der Waals surface area (Å²) >= 11 is 0. The van der Waals surface area contributed by atoms with Crippen molar-refractivity contribution >= 4 is 11.9 Å². The zero-order valence-corrected chi connectivity index (χ0v) is 13.2. The van der Waals surface area contributed by atoms with Crippen LogP contribution in [0.2, 0.25) is 0 Å². The summed E-state index contributed by atoms with van der Waals surface area (Å²) in [5.41, 5.74) is -0.622. The normalized spacial score (nSPS) is 29.1. The van der Waals surface area contributed by atoms with Crippen LogP contribution in [0.4, 0.5) is 0 Å². The zero-order chi connectivity index (χ0) is 15.5. The Morgan fingerprint density at radius 1 is 1.29 bits per heavy atom. The fourth-order valence-corrected chi connectivity index (χ4v) is 3.65. The van der Waals surface area contributed by atoms with E-state index in [2.05, 4.69) is 12.2 Å². The van der Waals surface area contributed by atoms with E-state index in [-0.39, 0.29) is 11.9 Å². The topological polar surface area (TPSA) is 69.6 Å². The van der Waals surface area contributed by atoms with E-state index in [1.807, 2.05) is 11.8 Å². The molecule has 2 rings (SSSR count). The number of carboxylic acids is 1. The summed E-state index contributed by atoms with van der Waals surface area (Å²) in [4.78, 5) is 25.9. The third kappa shape index (κ3) is 3.39. The van der Waals surface area contributed by atoms with E-state index in [0.717, 1.165) is 25.8 Å². The van der Waals surface area contributed by atoms with Gasteiger partial charge in [0.1, 0.15) is 0 Å². The van der Waals surface area contributed by atoms with E-state index >= 15 is 0 Å². The summed E-state index contributed by atoms with van der Waals surface area (Å²) in [7, 11) is 0. The minimum absolute atomic E-state index is 0.0670. The summed E-state index contributed by atoms with van der Waals surface area (Å²) in [5, 5.41) is 12.7. The number of carbonyl (C=O) groups excluding carboxylic acids is 1. The summed E-state index contributed by atoms with van der Waals surface area (Å²) < 4.78 is 0. The van der Waals surface area contributed by atoms with E-state index in [1.165, 1.54) is 0 Å². The Kier molecular flexibility index (Phi) is 5.25. The SMILES string of the molecule is CCC1CCNC(C(=O)N2CCC(CC)(C(=O)O)CC2)C1. The summed E-state index contributed by atoms with van der Waals surface area (Å²) in [6, 6.07) is -0.0670. The second-order valence-corrected chi connectivity index (χ2v) is 6.57. The first kappa shape index (κ1) is 16.3. The highest BCUT2D eigenvalue weighted by Gasteiger charge is 2.42. The van der Waals surface area contributed by atoms with E-state index in [0.29, 0.717) is 38.3 Å². The lowest BCUT2D eigenvalue weighted by Gasteiger charge is -2.40. The third-order valence-corrected chi connectivity index (χ3v) is 5.55. The van der Waals surface area contributed by atoms with Crippen molar-refractivity contribution in [3.8, 4) is 0 Å². The average molecular weight is 296 g/mol. The van der Waals surface area contributed by atoms with Crippen LogP contribution in [-0.4, -0.2) is 47.6 Å². The number of nitrogens with zero attached hydrogens (tertiary/aromatic N) is 1. The van der Waals surface area contributed by atoms with Crippen LogP contribution in [0.15, 0.2) is 0 Å². The number of hydrogen-bond acceptors (Lipinski definition) is 3. The quantitative estimate of drug-likeness (QED) is 0.831. The van der Waals surface area contributed by atoms with Gasteiger partial charge in [0, 0.05) is 13.1 Å². The number of hydrogen-bond donors (Lipinski definition) is 2. The van der Waals surface area contributed by atoms with Crippen LogP contribution in [-0.2, 0) is 9.59 Å². The van der Waals surface area contributed by atoms with Gasteiger partial charge in [-0.2, -0.15) is 0 Å². The second-order valence-electron chi connectivity index (χ2n) is 6.57. The van der Waals surface area contributed by atoms with Crippen molar-refractivity contribution < 1.29 is 14.7 Å². The van der Waals surface area contributed by atoms with Gasteiger partial charge in [-0.15, -0.1) is 0 Å². The molecule has 5 nitrogen and oxygen atoms in total. The van der Waals surface area contributed by atoms with Crippen LogP contribution in [0.1, 0.15) is 52.4 Å². The number of aliphatic carboxylic acids is 1. The molecule has 21 heavy (non-hydrogen) atoms. The van der Waals surface area contributed by atoms with Crippen molar-refractivity contribution in [1.29, 1.82) is 0 Å². The molecule has 5 heteroatoms. The highest BCUT2D eigenvalue weighted by Crippen LogP contribution is 2.35. The Balaban J connectivity index is 1.92. The fourth-order valence-electron chi connectivity index (χ4n) is 3.65. The lowest BCUT2D eigenvalue weighted by molar-refractivity contribution is -0.155. The van der Waals surface area contributed by atoms with Gasteiger partial charge < -0.3 is 15.3 Å². The van der Waals surface area contributed by atoms with Gasteiger partial charge in [-0.1, -0.05) is 20.3 Å². The van der Waals surface area contributed by atoms with E-state index in [1.54, 1.807) is 0 Å². The maximum atomic E-state index is 12.6. The van der Waals surface area contributed by atoms with Crippen LogP contribution >= 0.6 is 0 Å². The van der Waals surface area contributed by atoms with Crippen LogP contribution in [0.25, 0.3) is 0 Å². The van der Waals surface area contributed by atoms with Crippen molar-refractivity contribution in [2.45, 2.75) is 58.4 Å². The number of nitrogens with one attached hydrogen (secondary N) is 1. The van der Waals surface area contributed by atoms with Gasteiger partial charge in [0.05, 0.1) is 11.5 Å². The lowest BCUT2D eigenvalue weighted by atomic mass is 9.76. The van der Waals surface area contributed by atoms with Gasteiger partial charge in [-0.3, -0.25) is 9.59 Å². The summed E-state index contributed by atoms with van der Waals surface area (Å²) in [6.45, 7) is 6.18. The molecular formula is C16H28N2O3. The molecule has 0 aromatic rings. The zero-order valence-electron chi connectivity index (χ0n) is 13.2. The minimum atomic E-state index is -0.709. The summed E-state index contributed by atoms with van der Waals surface area (Å²) in [6.07, 6.45) is 5.00. The largest absolute Gasteiger partial charge is 0.481 e. The molecule has 0 aromatic heterocycles. The molecule has 0 spiro atoms. The molecule has 2 N–H and O–H groups in total. The third-order valence-electron chi connectivity index (χ3n) is 5.55. The molecule has 2 unspecified atom stereocenters. The Labute approximate surface area is 127 Å². The van der Waals surface area contributed by atoms with Crippen molar-refractivity contribution in [3.05, 3.63) is 0 Å². The van der Waals surface area contributed by atoms with Gasteiger partial charge in [0.15, 0.2) is 0 Å². The van der Waals surface area contributed by atoms with Crippen LogP contribution < -0.4 is 5.32 Å². The van der Waals surface area contributed by atoms with Crippen LogP contribution in [0, 0.1) is 11.3 Å². The molecule has 0 aromatic carbocycles. The van der Waals surface area contributed by atoms with E-state index in [9.17, 15) is 14.7 Å². The van der Waals surface area contributed by atoms with Gasteiger partial charge in [-0.05, 0) is 44.6 Å². The highest BCUT2D eigenvalue weighted by molar-refractivity contribution is 5.82. The molecule has 2 fully saturated rings. The van der Waals surface area contributed by atoms with Crippen molar-refractivity contribution in [2.75, 3.05) is 19.6 Å². The van der Waals surface area contributed by atoms with Crippen molar-refractivity contribution in [1.82, 2.24) is 10.2 Å². The Hall–Kier alpha value is -1.10. The molecule has 2 aliphatic heterocycles. The maximum Gasteiger partial charge on any atom is 0.309 e. The number of likely N-dealkylation sites (tertiary alicyclic amines) is 1. The molecule has 0 saturated carbocycles. The lowest BCUT2D eigenvalue weighted by Crippen LogP contribution is -2.54. The molecule has 0 radical (unpaired) electrons. The first-order chi connectivity index (χ1) is 10.0. The van der Waals surface area contributed by atoms with Crippen molar-refractivity contribution in [3.63, 3.8) is 0 Å². The number of carbonyl (C=O) groups is 2. The molecule has 120 valence electrons. The Bertz CT molecular complexity index is 389. The summed E-state index contributed by atoms with van der Waals surface area (Å²) in [5.74, 6) is 0.0981. The molecular weight excluding hydrogens is 268 g/mol. The predicted molar refractivity (Wildman–Crippen MR) is 81.0 cm³/mol. The standard InChI is InChI=1S/C16H28N2O3/c1-3-12-5-8-17-13(11-12)14(19)18-9-6-16(4-2,7-10-18)15(20)21/h12-13,17H,3-11H2,1-2H3,(H,20,21). The van der Waals surface area contributed by atoms with Gasteiger partial charge in [-0.25, -0.2) is 0 Å². The molecule has 1 amide bonds. The average Bonchev–Trinajstić information content (AvgIpc) is 2.54. The highest BCUT2D eigenvalue weighted by atomic mass is 16.4. The maximum absolute atomic E-state index is 12.6. The van der Waals surface area contributed by atoms with Crippen LogP contribution in [0.3, 0.4) is 0 Å². The number of piperidine rings is 2. The smallest absolute Gasteiger partial charge is 0.309 e. The molecule has 2 aliphatic rings. The van der Waals surface area contributed by atoms with Crippen LogP contribution in [0.5, 0.6) is 0 Å². The first-order valence-corrected chi connectivity index (χ1v) is 8.28. The predicted octanol–water partition coefficient (Wildman–Crippen LogP) is 1.87. The van der Waals surface area contributed by atoms with Gasteiger partial charge in [0.25, 0.3) is 0 Å². The Morgan fingerprint density at radius 2 is 1.95 bits per heavy atom. The monoisotopic (exact) mass is 296 g/mol. The van der Waals surface area contributed by atoms with Gasteiger partial charge in [0.2, 0.25) is 5.91 Å².